The van der Waals surface area contributed by atoms with Gasteiger partial charge in [0, 0.05) is 24.5 Å². The van der Waals surface area contributed by atoms with Crippen molar-refractivity contribution in [1.82, 2.24) is 9.80 Å². The van der Waals surface area contributed by atoms with Crippen molar-refractivity contribution in [3.63, 3.8) is 0 Å². The van der Waals surface area contributed by atoms with Gasteiger partial charge in [0.2, 0.25) is 0 Å². The fourth-order valence-electron chi connectivity index (χ4n) is 2.92. The van der Waals surface area contributed by atoms with Gasteiger partial charge in [-0.25, -0.2) is 0 Å². The molecule has 2 heteroatoms. The third-order valence-electron chi connectivity index (χ3n) is 3.46. The maximum Gasteiger partial charge on any atom is 0.101 e. The van der Waals surface area contributed by atoms with Crippen LogP contribution in [0.4, 0.5) is 0 Å². The molecule has 1 aliphatic heterocycles. The van der Waals surface area contributed by atoms with Crippen molar-refractivity contribution in [2.45, 2.75) is 60.0 Å². The number of allylic oxidation sites excluding steroid dienone is 2. The molecule has 0 saturated heterocycles. The Morgan fingerprint density at radius 1 is 0.800 bits per heavy atom. The fourth-order valence-corrected chi connectivity index (χ4v) is 2.92. The first-order chi connectivity index (χ1) is 7.24. The average molecular weight is 210 g/mol. The molecule has 0 bridgehead atoms. The van der Waals surface area contributed by atoms with Crippen LogP contribution in [0.1, 0.15) is 53.9 Å². The molecule has 0 saturated carbocycles. The molecule has 15 heavy (non-hydrogen) atoms. The smallest absolute Gasteiger partial charge is 0.101 e. The molecule has 0 fully saturated rings. The largest absolute Gasteiger partial charge is 0.353 e. The van der Waals surface area contributed by atoms with E-state index in [0.29, 0.717) is 6.17 Å². The van der Waals surface area contributed by atoms with Crippen LogP contribution in [-0.4, -0.2) is 29.1 Å². The maximum atomic E-state index is 2.59. The SMILES string of the molecule is CCC1=C(CC)N(CC)C(CC)N1CC. The summed E-state index contributed by atoms with van der Waals surface area (Å²) in [6, 6.07) is 0. The molecule has 2 nitrogen and oxygen atoms in total. The molecule has 1 aliphatic rings. The highest BCUT2D eigenvalue weighted by Gasteiger charge is 2.32. The van der Waals surface area contributed by atoms with E-state index < -0.39 is 0 Å². The second-order valence-electron chi connectivity index (χ2n) is 4.06. The van der Waals surface area contributed by atoms with Crippen LogP contribution in [-0.2, 0) is 0 Å². The lowest BCUT2D eigenvalue weighted by atomic mass is 10.2. The Morgan fingerprint density at radius 3 is 1.40 bits per heavy atom. The summed E-state index contributed by atoms with van der Waals surface area (Å²) in [4.78, 5) is 5.17. The van der Waals surface area contributed by atoms with Crippen LogP contribution in [0.3, 0.4) is 0 Å². The van der Waals surface area contributed by atoms with Crippen LogP contribution in [0.25, 0.3) is 0 Å². The van der Waals surface area contributed by atoms with Gasteiger partial charge in [0.1, 0.15) is 6.17 Å². The zero-order chi connectivity index (χ0) is 11.4. The lowest BCUT2D eigenvalue weighted by Crippen LogP contribution is -2.39. The van der Waals surface area contributed by atoms with E-state index in [1.54, 1.807) is 11.4 Å². The molecule has 0 aromatic heterocycles. The molecule has 88 valence electrons. The summed E-state index contributed by atoms with van der Waals surface area (Å²) in [5, 5.41) is 0. The molecule has 0 N–H and O–H groups in total. The molecule has 0 unspecified atom stereocenters. The van der Waals surface area contributed by atoms with E-state index >= 15 is 0 Å². The highest BCUT2D eigenvalue weighted by atomic mass is 15.4. The molecule has 1 rings (SSSR count). The lowest BCUT2D eigenvalue weighted by Gasteiger charge is -2.33. The minimum atomic E-state index is 0.616. The quantitative estimate of drug-likeness (QED) is 0.686. The van der Waals surface area contributed by atoms with Crippen LogP contribution in [0.2, 0.25) is 0 Å². The van der Waals surface area contributed by atoms with Gasteiger partial charge >= 0.3 is 0 Å². The summed E-state index contributed by atoms with van der Waals surface area (Å²) in [6.45, 7) is 13.7. The highest BCUT2D eigenvalue weighted by Crippen LogP contribution is 2.33. The van der Waals surface area contributed by atoms with Gasteiger partial charge in [-0.2, -0.15) is 0 Å². The van der Waals surface area contributed by atoms with Gasteiger partial charge in [0.15, 0.2) is 0 Å². The van der Waals surface area contributed by atoms with Gasteiger partial charge in [-0.1, -0.05) is 20.8 Å². The Hall–Kier alpha value is -0.660. The summed E-state index contributed by atoms with van der Waals surface area (Å²) < 4.78 is 0. The van der Waals surface area contributed by atoms with E-state index in [2.05, 4.69) is 44.4 Å². The van der Waals surface area contributed by atoms with Gasteiger partial charge in [-0.15, -0.1) is 0 Å². The topological polar surface area (TPSA) is 6.48 Å². The van der Waals surface area contributed by atoms with Gasteiger partial charge in [-0.3, -0.25) is 0 Å². The average Bonchev–Trinajstić information content (AvgIpc) is 2.59. The summed E-state index contributed by atoms with van der Waals surface area (Å²) in [5.41, 5.74) is 3.16. The van der Waals surface area contributed by atoms with Crippen LogP contribution in [0.5, 0.6) is 0 Å². The standard InChI is InChI=1S/C13H26N2/c1-6-11-12(7-2)15(10-5)13(8-3)14(11)9-4/h13H,6-10H2,1-5H3. The molecule has 0 radical (unpaired) electrons. The molecule has 0 aromatic rings. The van der Waals surface area contributed by atoms with E-state index in [0.717, 1.165) is 13.1 Å². The first-order valence-corrected chi connectivity index (χ1v) is 6.50. The van der Waals surface area contributed by atoms with Crippen LogP contribution in [0, 0.1) is 0 Å². The van der Waals surface area contributed by atoms with Crippen LogP contribution in [0.15, 0.2) is 11.4 Å². The molecule has 1 heterocycles. The van der Waals surface area contributed by atoms with Crippen molar-refractivity contribution in [3.8, 4) is 0 Å². The summed E-state index contributed by atoms with van der Waals surface area (Å²) in [6.07, 6.45) is 4.17. The summed E-state index contributed by atoms with van der Waals surface area (Å²) in [5.74, 6) is 0. The number of nitrogens with zero attached hydrogens (tertiary/aromatic N) is 2. The van der Waals surface area contributed by atoms with Gasteiger partial charge in [0.05, 0.1) is 0 Å². The normalized spacial score (nSPS) is 18.2. The highest BCUT2D eigenvalue weighted by molar-refractivity contribution is 5.19. The minimum Gasteiger partial charge on any atom is -0.353 e. The Morgan fingerprint density at radius 2 is 1.20 bits per heavy atom. The third kappa shape index (κ3) is 1.99. The predicted molar refractivity (Wildman–Crippen MR) is 66.4 cm³/mol. The van der Waals surface area contributed by atoms with E-state index in [-0.39, 0.29) is 0 Å². The molecular formula is C13H26N2. The van der Waals surface area contributed by atoms with Gasteiger partial charge < -0.3 is 9.80 Å². The van der Waals surface area contributed by atoms with Crippen molar-refractivity contribution in [2.24, 2.45) is 0 Å². The molecule has 0 aliphatic carbocycles. The number of rotatable bonds is 5. The monoisotopic (exact) mass is 210 g/mol. The molecule has 0 aromatic carbocycles. The Kier molecular flexibility index (Phi) is 4.49. The number of hydrogen-bond acceptors (Lipinski definition) is 2. The number of hydrogen-bond donors (Lipinski definition) is 0. The van der Waals surface area contributed by atoms with Gasteiger partial charge in [0.25, 0.3) is 0 Å². The zero-order valence-electron chi connectivity index (χ0n) is 11.0. The zero-order valence-corrected chi connectivity index (χ0v) is 11.0. The third-order valence-corrected chi connectivity index (χ3v) is 3.46. The molecule has 0 amide bonds. The summed E-state index contributed by atoms with van der Waals surface area (Å²) >= 11 is 0. The minimum absolute atomic E-state index is 0.616. The second-order valence-corrected chi connectivity index (χ2v) is 4.06. The van der Waals surface area contributed by atoms with Crippen LogP contribution < -0.4 is 0 Å². The van der Waals surface area contributed by atoms with E-state index in [4.69, 9.17) is 0 Å². The predicted octanol–water partition coefficient (Wildman–Crippen LogP) is 3.41. The van der Waals surface area contributed by atoms with E-state index in [9.17, 15) is 0 Å². The Labute approximate surface area is 94.9 Å². The first kappa shape index (κ1) is 12.4. The lowest BCUT2D eigenvalue weighted by molar-refractivity contribution is 0.140. The van der Waals surface area contributed by atoms with Crippen molar-refractivity contribution < 1.29 is 0 Å². The van der Waals surface area contributed by atoms with Crippen molar-refractivity contribution in [3.05, 3.63) is 11.4 Å². The molecule has 0 atom stereocenters. The van der Waals surface area contributed by atoms with Crippen molar-refractivity contribution in [2.75, 3.05) is 13.1 Å². The summed E-state index contributed by atoms with van der Waals surface area (Å²) in [7, 11) is 0. The Bertz CT molecular complexity index is 211. The molecule has 0 spiro atoms. The van der Waals surface area contributed by atoms with Crippen LogP contribution >= 0.6 is 0 Å². The van der Waals surface area contributed by atoms with E-state index in [1.807, 2.05) is 0 Å². The second kappa shape index (κ2) is 5.43. The van der Waals surface area contributed by atoms with Crippen molar-refractivity contribution >= 4 is 0 Å². The van der Waals surface area contributed by atoms with Crippen molar-refractivity contribution in [1.29, 1.82) is 0 Å². The fraction of sp³-hybridized carbons (Fsp3) is 0.846. The molecular weight excluding hydrogens is 184 g/mol. The van der Waals surface area contributed by atoms with E-state index in [1.165, 1.54) is 19.3 Å². The Balaban J connectivity index is 3.02. The van der Waals surface area contributed by atoms with Gasteiger partial charge in [-0.05, 0) is 33.1 Å². The first-order valence-electron chi connectivity index (χ1n) is 6.50. The maximum absolute atomic E-state index is 2.59.